The summed E-state index contributed by atoms with van der Waals surface area (Å²) >= 11 is 0. The summed E-state index contributed by atoms with van der Waals surface area (Å²) in [5.41, 5.74) is 5.85. The maximum Gasteiger partial charge on any atom is 0.310 e. The van der Waals surface area contributed by atoms with Gasteiger partial charge in [0.1, 0.15) is 6.10 Å². The van der Waals surface area contributed by atoms with Gasteiger partial charge in [0.05, 0.1) is 11.8 Å². The number of hydrogen-bond donors (Lipinski definition) is 2. The lowest BCUT2D eigenvalue weighted by Crippen LogP contribution is -2.45. The van der Waals surface area contributed by atoms with E-state index >= 15 is 0 Å². The molecule has 5 heteroatoms. The minimum absolute atomic E-state index is 0.0589. The monoisotopic (exact) mass is 197 g/mol. The molecule has 0 aromatic carbocycles. The van der Waals surface area contributed by atoms with Gasteiger partial charge in [0.25, 0.3) is 0 Å². The fourth-order valence-electron chi connectivity index (χ4n) is 3.44. The molecule has 3 fully saturated rings. The van der Waals surface area contributed by atoms with Gasteiger partial charge in [0, 0.05) is 12.0 Å². The number of aliphatic carboxylic acids is 1. The van der Waals surface area contributed by atoms with E-state index in [1.54, 1.807) is 0 Å². The second-order valence-electron chi connectivity index (χ2n) is 4.43. The van der Waals surface area contributed by atoms with Crippen molar-refractivity contribution in [3.63, 3.8) is 0 Å². The summed E-state index contributed by atoms with van der Waals surface area (Å²) in [7, 11) is 0. The van der Waals surface area contributed by atoms with Gasteiger partial charge in [-0.25, -0.2) is 0 Å². The van der Waals surface area contributed by atoms with Crippen LogP contribution in [0.3, 0.4) is 0 Å². The number of ether oxygens (including phenoxy) is 1. The van der Waals surface area contributed by atoms with Gasteiger partial charge < -0.3 is 15.6 Å². The van der Waals surface area contributed by atoms with Crippen molar-refractivity contribution in [3.8, 4) is 0 Å². The fourth-order valence-corrected chi connectivity index (χ4v) is 3.44. The molecule has 0 spiro atoms. The molecule has 1 heterocycles. The molecule has 6 atom stereocenters. The van der Waals surface area contributed by atoms with E-state index in [2.05, 4.69) is 0 Å². The molecule has 2 aliphatic carbocycles. The zero-order valence-corrected chi connectivity index (χ0v) is 7.42. The van der Waals surface area contributed by atoms with Crippen molar-refractivity contribution in [2.24, 2.45) is 29.4 Å². The first-order chi connectivity index (χ1) is 6.61. The van der Waals surface area contributed by atoms with Crippen molar-refractivity contribution in [3.05, 3.63) is 0 Å². The molecule has 0 radical (unpaired) electrons. The number of carboxylic acid groups (broad SMARTS) is 1. The zero-order chi connectivity index (χ0) is 10.0. The van der Waals surface area contributed by atoms with Gasteiger partial charge >= 0.3 is 11.9 Å². The molecule has 0 aromatic rings. The van der Waals surface area contributed by atoms with Crippen molar-refractivity contribution in [1.29, 1.82) is 0 Å². The van der Waals surface area contributed by atoms with E-state index in [0.717, 1.165) is 6.42 Å². The van der Waals surface area contributed by atoms with Crippen LogP contribution in [-0.4, -0.2) is 29.2 Å². The first-order valence-electron chi connectivity index (χ1n) is 4.80. The van der Waals surface area contributed by atoms with Gasteiger partial charge in [0.2, 0.25) is 0 Å². The second kappa shape index (κ2) is 2.28. The second-order valence-corrected chi connectivity index (χ2v) is 4.43. The average Bonchev–Trinajstić information content (AvgIpc) is 2.67. The van der Waals surface area contributed by atoms with Crippen LogP contribution < -0.4 is 5.73 Å². The number of carbonyl (C=O) groups is 2. The van der Waals surface area contributed by atoms with Gasteiger partial charge in [-0.1, -0.05) is 0 Å². The maximum absolute atomic E-state index is 11.4. The Labute approximate surface area is 80.2 Å². The SMILES string of the molecule is NC1C2CC3C1OC(=O)C3C2C(=O)O. The molecule has 5 nitrogen and oxygen atoms in total. The smallest absolute Gasteiger partial charge is 0.310 e. The van der Waals surface area contributed by atoms with E-state index in [0.29, 0.717) is 0 Å². The number of carboxylic acids is 1. The molecular formula is C9H11NO4. The number of rotatable bonds is 1. The summed E-state index contributed by atoms with van der Waals surface area (Å²) in [6.45, 7) is 0. The first-order valence-corrected chi connectivity index (χ1v) is 4.80. The molecule has 1 aliphatic heterocycles. The van der Waals surface area contributed by atoms with Crippen LogP contribution in [0.4, 0.5) is 0 Å². The van der Waals surface area contributed by atoms with Crippen molar-refractivity contribution >= 4 is 11.9 Å². The topological polar surface area (TPSA) is 89.6 Å². The summed E-state index contributed by atoms with van der Waals surface area (Å²) < 4.78 is 5.10. The predicted octanol–water partition coefficient (Wildman–Crippen LogP) is -0.794. The number of fused-ring (bicyclic) bond motifs is 1. The Morgan fingerprint density at radius 3 is 2.86 bits per heavy atom. The predicted molar refractivity (Wildman–Crippen MR) is 44.1 cm³/mol. The zero-order valence-electron chi connectivity index (χ0n) is 7.42. The van der Waals surface area contributed by atoms with E-state index in [1.165, 1.54) is 0 Å². The Balaban J connectivity index is 2.04. The highest BCUT2D eigenvalue weighted by molar-refractivity contribution is 5.85. The lowest BCUT2D eigenvalue weighted by atomic mass is 9.78. The Morgan fingerprint density at radius 2 is 2.21 bits per heavy atom. The molecule has 2 bridgehead atoms. The van der Waals surface area contributed by atoms with Gasteiger partial charge in [-0.3, -0.25) is 9.59 Å². The van der Waals surface area contributed by atoms with Crippen molar-refractivity contribution < 1.29 is 19.4 Å². The third-order valence-corrected chi connectivity index (χ3v) is 3.96. The summed E-state index contributed by atoms with van der Waals surface area (Å²) in [4.78, 5) is 22.4. The molecule has 3 N–H and O–H groups in total. The Bertz CT molecular complexity index is 329. The fraction of sp³-hybridized carbons (Fsp3) is 0.778. The summed E-state index contributed by atoms with van der Waals surface area (Å²) in [5, 5.41) is 9.03. The minimum atomic E-state index is -0.907. The van der Waals surface area contributed by atoms with E-state index in [9.17, 15) is 9.59 Å². The third kappa shape index (κ3) is 0.706. The van der Waals surface area contributed by atoms with E-state index in [1.807, 2.05) is 0 Å². The van der Waals surface area contributed by atoms with Gasteiger partial charge in [-0.05, 0) is 12.3 Å². The standard InChI is InChI=1S/C9H11NO4/c10-6-2-1-3-5(4(2)8(11)12)9(13)14-7(3)6/h2-7H,1,10H2,(H,11,12). The van der Waals surface area contributed by atoms with Crippen molar-refractivity contribution in [2.45, 2.75) is 18.6 Å². The molecule has 0 amide bonds. The highest BCUT2D eigenvalue weighted by Crippen LogP contribution is 2.57. The molecule has 3 aliphatic rings. The summed E-state index contributed by atoms with van der Waals surface area (Å²) in [6.07, 6.45) is 0.521. The first kappa shape index (κ1) is 8.23. The van der Waals surface area contributed by atoms with Crippen molar-refractivity contribution in [2.75, 3.05) is 0 Å². The van der Waals surface area contributed by atoms with Gasteiger partial charge in [-0.2, -0.15) is 0 Å². The lowest BCUT2D eigenvalue weighted by Gasteiger charge is -2.26. The minimum Gasteiger partial charge on any atom is -0.481 e. The normalized spacial score (nSPS) is 53.6. The van der Waals surface area contributed by atoms with Gasteiger partial charge in [0.15, 0.2) is 0 Å². The molecule has 3 rings (SSSR count). The van der Waals surface area contributed by atoms with Crippen LogP contribution in [0, 0.1) is 23.7 Å². The summed E-state index contributed by atoms with van der Waals surface area (Å²) in [6, 6.07) is -0.274. The Kier molecular flexibility index (Phi) is 1.34. The van der Waals surface area contributed by atoms with Crippen LogP contribution >= 0.6 is 0 Å². The largest absolute Gasteiger partial charge is 0.481 e. The average molecular weight is 197 g/mol. The maximum atomic E-state index is 11.4. The van der Waals surface area contributed by atoms with E-state index < -0.39 is 17.8 Å². The number of hydrogen-bond acceptors (Lipinski definition) is 4. The number of nitrogens with two attached hydrogens (primary N) is 1. The highest BCUT2D eigenvalue weighted by atomic mass is 16.6. The third-order valence-electron chi connectivity index (χ3n) is 3.96. The molecule has 0 aromatic heterocycles. The van der Waals surface area contributed by atoms with Crippen LogP contribution in [0.15, 0.2) is 0 Å². The van der Waals surface area contributed by atoms with E-state index in [-0.39, 0.29) is 30.0 Å². The molecule has 2 saturated carbocycles. The van der Waals surface area contributed by atoms with Crippen LogP contribution in [0.25, 0.3) is 0 Å². The summed E-state index contributed by atoms with van der Waals surface area (Å²) in [5.74, 6) is -2.32. The van der Waals surface area contributed by atoms with Crippen LogP contribution in [0.5, 0.6) is 0 Å². The van der Waals surface area contributed by atoms with E-state index in [4.69, 9.17) is 15.6 Å². The Morgan fingerprint density at radius 1 is 1.50 bits per heavy atom. The van der Waals surface area contributed by atoms with Gasteiger partial charge in [-0.15, -0.1) is 0 Å². The van der Waals surface area contributed by atoms with Crippen LogP contribution in [0.1, 0.15) is 6.42 Å². The van der Waals surface area contributed by atoms with Crippen LogP contribution in [0.2, 0.25) is 0 Å². The quantitative estimate of drug-likeness (QED) is 0.537. The lowest BCUT2D eigenvalue weighted by molar-refractivity contribution is -0.151. The molecule has 6 unspecified atom stereocenters. The Hall–Kier alpha value is -1.10. The number of esters is 1. The molecule has 1 saturated heterocycles. The molecular weight excluding hydrogens is 186 g/mol. The number of carbonyl (C=O) groups excluding carboxylic acids is 1. The highest BCUT2D eigenvalue weighted by Gasteiger charge is 2.67. The molecule has 76 valence electrons. The van der Waals surface area contributed by atoms with Crippen LogP contribution in [-0.2, 0) is 14.3 Å². The molecule has 14 heavy (non-hydrogen) atoms. The van der Waals surface area contributed by atoms with Crippen molar-refractivity contribution in [1.82, 2.24) is 0 Å².